The molecule has 128 valence electrons. The molecule has 0 spiro atoms. The van der Waals surface area contributed by atoms with E-state index in [1.807, 2.05) is 36.4 Å². The van der Waals surface area contributed by atoms with Gasteiger partial charge in [0.05, 0.1) is 11.6 Å². The van der Waals surface area contributed by atoms with E-state index in [9.17, 15) is 14.0 Å². The lowest BCUT2D eigenvalue weighted by atomic mass is 10.0. The predicted molar refractivity (Wildman–Crippen MR) is 91.0 cm³/mol. The Balaban J connectivity index is 2.19. The van der Waals surface area contributed by atoms with Crippen molar-refractivity contribution in [1.29, 1.82) is 5.26 Å². The van der Waals surface area contributed by atoms with Gasteiger partial charge in [0.15, 0.2) is 0 Å². The fourth-order valence-electron chi connectivity index (χ4n) is 2.29. The van der Waals surface area contributed by atoms with Crippen molar-refractivity contribution in [3.8, 4) is 6.07 Å². The minimum Gasteiger partial charge on any atom is -0.340 e. The smallest absolute Gasteiger partial charge is 0.254 e. The predicted octanol–water partition coefficient (Wildman–Crippen LogP) is 2.20. The van der Waals surface area contributed by atoms with Crippen molar-refractivity contribution in [3.05, 3.63) is 71.5 Å². The van der Waals surface area contributed by atoms with Gasteiger partial charge in [-0.3, -0.25) is 9.59 Å². The van der Waals surface area contributed by atoms with Crippen LogP contribution in [0.5, 0.6) is 0 Å². The van der Waals surface area contributed by atoms with Gasteiger partial charge >= 0.3 is 0 Å². The normalized spacial score (nSPS) is 12.5. The van der Waals surface area contributed by atoms with Crippen LogP contribution in [0.15, 0.2) is 54.6 Å². The zero-order valence-electron chi connectivity index (χ0n) is 13.7. The van der Waals surface area contributed by atoms with E-state index in [0.717, 1.165) is 5.56 Å². The van der Waals surface area contributed by atoms with Crippen molar-refractivity contribution < 1.29 is 14.0 Å². The van der Waals surface area contributed by atoms with E-state index < -0.39 is 29.7 Å². The SMILES string of the molecule is CC(C#N)NC(=O)C(Cc1ccccc1)NC(=O)c1ccccc1F. The molecule has 2 unspecified atom stereocenters. The third-order valence-electron chi connectivity index (χ3n) is 3.58. The standard InChI is InChI=1S/C19H18FN3O2/c1-13(12-21)22-19(25)17(11-14-7-3-2-4-8-14)23-18(24)15-9-5-6-10-16(15)20/h2-10,13,17H,11H2,1H3,(H,22,25)(H,23,24). The molecule has 0 heterocycles. The summed E-state index contributed by atoms with van der Waals surface area (Å²) in [7, 11) is 0. The Morgan fingerprint density at radius 1 is 1.08 bits per heavy atom. The van der Waals surface area contributed by atoms with E-state index in [-0.39, 0.29) is 12.0 Å². The van der Waals surface area contributed by atoms with Crippen molar-refractivity contribution in [2.24, 2.45) is 0 Å². The van der Waals surface area contributed by atoms with Gasteiger partial charge in [-0.1, -0.05) is 42.5 Å². The summed E-state index contributed by atoms with van der Waals surface area (Å²) in [4.78, 5) is 24.7. The summed E-state index contributed by atoms with van der Waals surface area (Å²) in [5.41, 5.74) is 0.697. The summed E-state index contributed by atoms with van der Waals surface area (Å²) in [5, 5.41) is 13.9. The number of carbonyl (C=O) groups excluding carboxylic acids is 2. The summed E-state index contributed by atoms with van der Waals surface area (Å²) in [5.74, 6) is -1.84. The van der Waals surface area contributed by atoms with Crippen LogP contribution in [0.4, 0.5) is 4.39 Å². The van der Waals surface area contributed by atoms with E-state index in [4.69, 9.17) is 5.26 Å². The van der Waals surface area contributed by atoms with Gasteiger partial charge in [0.1, 0.15) is 17.9 Å². The third kappa shape index (κ3) is 5.15. The van der Waals surface area contributed by atoms with Gasteiger partial charge in [-0.05, 0) is 24.6 Å². The first-order chi connectivity index (χ1) is 12.0. The van der Waals surface area contributed by atoms with Gasteiger partial charge in [0.25, 0.3) is 5.91 Å². The minimum absolute atomic E-state index is 0.137. The van der Waals surface area contributed by atoms with Crippen molar-refractivity contribution in [1.82, 2.24) is 10.6 Å². The van der Waals surface area contributed by atoms with Gasteiger partial charge in [0.2, 0.25) is 5.91 Å². The van der Waals surface area contributed by atoms with E-state index in [0.29, 0.717) is 0 Å². The van der Waals surface area contributed by atoms with Gasteiger partial charge in [-0.15, -0.1) is 0 Å². The third-order valence-corrected chi connectivity index (χ3v) is 3.58. The second kappa shape index (κ2) is 8.60. The Morgan fingerprint density at radius 3 is 2.36 bits per heavy atom. The fraction of sp³-hybridized carbons (Fsp3) is 0.211. The molecule has 2 N–H and O–H groups in total. The van der Waals surface area contributed by atoms with Crippen molar-refractivity contribution >= 4 is 11.8 Å². The number of amides is 2. The molecule has 0 radical (unpaired) electrons. The minimum atomic E-state index is -0.926. The maximum atomic E-state index is 13.8. The lowest BCUT2D eigenvalue weighted by Crippen LogP contribution is -2.50. The zero-order chi connectivity index (χ0) is 18.2. The second-order valence-corrected chi connectivity index (χ2v) is 5.55. The summed E-state index contributed by atoms with van der Waals surface area (Å²) in [6.07, 6.45) is 0.227. The van der Waals surface area contributed by atoms with Crippen LogP contribution in [-0.2, 0) is 11.2 Å². The average Bonchev–Trinajstić information content (AvgIpc) is 2.62. The fourth-order valence-corrected chi connectivity index (χ4v) is 2.29. The Bertz CT molecular complexity index is 787. The molecule has 2 aromatic rings. The summed E-state index contributed by atoms with van der Waals surface area (Å²) >= 11 is 0. The molecule has 0 aliphatic carbocycles. The summed E-state index contributed by atoms with van der Waals surface area (Å²) < 4.78 is 13.8. The van der Waals surface area contributed by atoms with E-state index >= 15 is 0 Å². The largest absolute Gasteiger partial charge is 0.340 e. The van der Waals surface area contributed by atoms with E-state index in [1.54, 1.807) is 6.07 Å². The zero-order valence-corrected chi connectivity index (χ0v) is 13.7. The van der Waals surface area contributed by atoms with Crippen LogP contribution >= 0.6 is 0 Å². The van der Waals surface area contributed by atoms with Gasteiger partial charge < -0.3 is 10.6 Å². The van der Waals surface area contributed by atoms with Crippen molar-refractivity contribution in [2.45, 2.75) is 25.4 Å². The number of benzene rings is 2. The lowest BCUT2D eigenvalue weighted by molar-refractivity contribution is -0.123. The van der Waals surface area contributed by atoms with Crippen LogP contribution < -0.4 is 10.6 Å². The topological polar surface area (TPSA) is 82.0 Å². The second-order valence-electron chi connectivity index (χ2n) is 5.55. The number of hydrogen-bond acceptors (Lipinski definition) is 3. The first-order valence-corrected chi connectivity index (χ1v) is 7.80. The van der Waals surface area contributed by atoms with Crippen LogP contribution in [0.1, 0.15) is 22.8 Å². The molecule has 6 heteroatoms. The number of nitrogens with zero attached hydrogens (tertiary/aromatic N) is 1. The highest BCUT2D eigenvalue weighted by Crippen LogP contribution is 2.09. The Hall–Kier alpha value is -3.20. The van der Waals surface area contributed by atoms with E-state index in [1.165, 1.54) is 25.1 Å². The van der Waals surface area contributed by atoms with Crippen LogP contribution in [0.2, 0.25) is 0 Å². The maximum Gasteiger partial charge on any atom is 0.254 e. The number of halogens is 1. The molecule has 2 amide bonds. The number of hydrogen-bond donors (Lipinski definition) is 2. The highest BCUT2D eigenvalue weighted by Gasteiger charge is 2.24. The molecule has 5 nitrogen and oxygen atoms in total. The van der Waals surface area contributed by atoms with Crippen LogP contribution in [-0.4, -0.2) is 23.9 Å². The van der Waals surface area contributed by atoms with Gasteiger partial charge in [-0.2, -0.15) is 5.26 Å². The monoisotopic (exact) mass is 339 g/mol. The molecule has 0 aliphatic heterocycles. The molecule has 0 bridgehead atoms. The number of rotatable bonds is 6. The molecule has 2 atom stereocenters. The molecular formula is C19H18FN3O2. The van der Waals surface area contributed by atoms with Gasteiger partial charge in [0, 0.05) is 6.42 Å². The molecule has 2 aromatic carbocycles. The first kappa shape index (κ1) is 18.1. The van der Waals surface area contributed by atoms with Crippen LogP contribution in [0, 0.1) is 17.1 Å². The molecule has 0 fully saturated rings. The summed E-state index contributed by atoms with van der Waals surface area (Å²) in [6.45, 7) is 1.54. The maximum absolute atomic E-state index is 13.8. The quantitative estimate of drug-likeness (QED) is 0.846. The Kier molecular flexibility index (Phi) is 6.24. The average molecular weight is 339 g/mol. The van der Waals surface area contributed by atoms with E-state index in [2.05, 4.69) is 10.6 Å². The molecule has 0 aliphatic rings. The molecule has 0 saturated heterocycles. The van der Waals surface area contributed by atoms with Gasteiger partial charge in [-0.25, -0.2) is 4.39 Å². The highest BCUT2D eigenvalue weighted by atomic mass is 19.1. The molecule has 0 saturated carbocycles. The number of carbonyl (C=O) groups is 2. The Labute approximate surface area is 145 Å². The van der Waals surface area contributed by atoms with Crippen LogP contribution in [0.3, 0.4) is 0 Å². The first-order valence-electron chi connectivity index (χ1n) is 7.80. The molecule has 25 heavy (non-hydrogen) atoms. The number of nitriles is 1. The van der Waals surface area contributed by atoms with Crippen molar-refractivity contribution in [3.63, 3.8) is 0 Å². The lowest BCUT2D eigenvalue weighted by Gasteiger charge is -2.19. The number of nitrogens with one attached hydrogen (secondary N) is 2. The molecule has 0 aromatic heterocycles. The Morgan fingerprint density at radius 2 is 1.72 bits per heavy atom. The van der Waals surface area contributed by atoms with Crippen molar-refractivity contribution in [2.75, 3.05) is 0 Å². The summed E-state index contributed by atoms with van der Waals surface area (Å²) in [6, 6.07) is 15.0. The van der Waals surface area contributed by atoms with Crippen LogP contribution in [0.25, 0.3) is 0 Å². The molecular weight excluding hydrogens is 321 g/mol. The molecule has 2 rings (SSSR count). The highest BCUT2D eigenvalue weighted by molar-refractivity contribution is 5.97.